The van der Waals surface area contributed by atoms with Crippen LogP contribution in [0, 0.1) is 4.77 Å². The third kappa shape index (κ3) is 3.76. The topological polar surface area (TPSA) is 74.7 Å². The van der Waals surface area contributed by atoms with Crippen LogP contribution in [0.2, 0.25) is 0 Å². The maximum Gasteiger partial charge on any atom is 0.216 e. The summed E-state index contributed by atoms with van der Waals surface area (Å²) in [6.45, 7) is 0. The summed E-state index contributed by atoms with van der Waals surface area (Å²) in [5.74, 6) is 0.576. The standard InChI is InChI=1S/C19H16N6S2/c1-27-15-9-7-13(8-10-15)12-20-25-18(23-24-19(25)26)17-11-16(21-22-17)14-5-3-2-4-6-14/h2-12H,1H3,(H,21,22)(H,24,26). The first-order valence-electron chi connectivity index (χ1n) is 8.21. The first-order chi connectivity index (χ1) is 13.2. The van der Waals surface area contributed by atoms with Crippen LogP contribution >= 0.6 is 24.0 Å². The minimum atomic E-state index is 0.415. The lowest BCUT2D eigenvalue weighted by atomic mass is 10.1. The lowest BCUT2D eigenvalue weighted by Gasteiger charge is -1.99. The molecule has 27 heavy (non-hydrogen) atoms. The second-order valence-electron chi connectivity index (χ2n) is 5.71. The highest BCUT2D eigenvalue weighted by molar-refractivity contribution is 7.98. The fraction of sp³-hybridized carbons (Fsp3) is 0.0526. The van der Waals surface area contributed by atoms with E-state index in [9.17, 15) is 0 Å². The van der Waals surface area contributed by atoms with Crippen LogP contribution in [-0.4, -0.2) is 37.5 Å². The van der Waals surface area contributed by atoms with Crippen molar-refractivity contribution in [3.05, 3.63) is 71.0 Å². The van der Waals surface area contributed by atoms with Crippen molar-refractivity contribution in [2.24, 2.45) is 5.10 Å². The zero-order chi connectivity index (χ0) is 18.6. The Morgan fingerprint density at radius 2 is 1.81 bits per heavy atom. The zero-order valence-electron chi connectivity index (χ0n) is 14.5. The highest BCUT2D eigenvalue weighted by Crippen LogP contribution is 2.22. The fourth-order valence-corrected chi connectivity index (χ4v) is 3.17. The van der Waals surface area contributed by atoms with Crippen LogP contribution in [0.3, 0.4) is 0 Å². The van der Waals surface area contributed by atoms with Crippen molar-refractivity contribution >= 4 is 30.2 Å². The smallest absolute Gasteiger partial charge is 0.216 e. The van der Waals surface area contributed by atoms with Crippen LogP contribution < -0.4 is 0 Å². The first kappa shape index (κ1) is 17.4. The largest absolute Gasteiger partial charge is 0.274 e. The number of rotatable bonds is 5. The van der Waals surface area contributed by atoms with E-state index < -0.39 is 0 Å². The van der Waals surface area contributed by atoms with Gasteiger partial charge in [-0.1, -0.05) is 42.5 Å². The van der Waals surface area contributed by atoms with Crippen molar-refractivity contribution in [3.8, 4) is 22.8 Å². The van der Waals surface area contributed by atoms with E-state index in [2.05, 4.69) is 37.6 Å². The summed E-state index contributed by atoms with van der Waals surface area (Å²) in [5.41, 5.74) is 3.58. The molecule has 0 atom stereocenters. The Hall–Kier alpha value is -2.97. The number of H-pyrrole nitrogens is 2. The van der Waals surface area contributed by atoms with E-state index in [1.807, 2.05) is 54.8 Å². The van der Waals surface area contributed by atoms with Gasteiger partial charge in [0.15, 0.2) is 0 Å². The number of hydrogen-bond acceptors (Lipinski definition) is 5. The van der Waals surface area contributed by atoms with E-state index in [4.69, 9.17) is 12.2 Å². The number of hydrogen-bond donors (Lipinski definition) is 2. The summed E-state index contributed by atoms with van der Waals surface area (Å²) in [6.07, 6.45) is 3.81. The molecule has 2 heterocycles. The molecule has 0 unspecified atom stereocenters. The van der Waals surface area contributed by atoms with Crippen molar-refractivity contribution < 1.29 is 0 Å². The molecule has 6 nitrogen and oxygen atoms in total. The van der Waals surface area contributed by atoms with Gasteiger partial charge in [-0.05, 0) is 42.2 Å². The molecule has 0 saturated heterocycles. The van der Waals surface area contributed by atoms with Crippen molar-refractivity contribution in [1.29, 1.82) is 0 Å². The molecule has 4 rings (SSSR count). The van der Waals surface area contributed by atoms with Gasteiger partial charge in [0.1, 0.15) is 5.69 Å². The molecular weight excluding hydrogens is 376 g/mol. The van der Waals surface area contributed by atoms with E-state index in [1.54, 1.807) is 22.7 Å². The van der Waals surface area contributed by atoms with Gasteiger partial charge in [-0.25, -0.2) is 5.10 Å². The number of thioether (sulfide) groups is 1. The molecule has 0 bridgehead atoms. The van der Waals surface area contributed by atoms with Gasteiger partial charge in [-0.2, -0.15) is 20.0 Å². The van der Waals surface area contributed by atoms with E-state index in [0.717, 1.165) is 22.5 Å². The van der Waals surface area contributed by atoms with Crippen LogP contribution in [-0.2, 0) is 0 Å². The van der Waals surface area contributed by atoms with Crippen LogP contribution in [0.15, 0.2) is 70.7 Å². The molecule has 8 heteroatoms. The molecule has 2 aromatic carbocycles. The maximum atomic E-state index is 5.32. The molecule has 0 aliphatic rings. The SMILES string of the molecule is CSc1ccc(C=Nn2c(-c3cc(-c4ccccc4)n[nH]3)n[nH]c2=S)cc1. The first-order valence-corrected chi connectivity index (χ1v) is 9.85. The van der Waals surface area contributed by atoms with Gasteiger partial charge in [0.05, 0.1) is 11.9 Å². The summed E-state index contributed by atoms with van der Waals surface area (Å²) in [4.78, 5) is 1.21. The van der Waals surface area contributed by atoms with Gasteiger partial charge in [0.2, 0.25) is 10.6 Å². The molecule has 0 amide bonds. The fourth-order valence-electron chi connectivity index (χ4n) is 2.58. The Morgan fingerprint density at radius 1 is 1.04 bits per heavy atom. The van der Waals surface area contributed by atoms with E-state index in [-0.39, 0.29) is 0 Å². The van der Waals surface area contributed by atoms with E-state index in [1.165, 1.54) is 4.90 Å². The van der Waals surface area contributed by atoms with E-state index in [0.29, 0.717) is 10.6 Å². The zero-order valence-corrected chi connectivity index (χ0v) is 16.1. The molecule has 0 saturated carbocycles. The molecule has 2 aromatic heterocycles. The van der Waals surface area contributed by atoms with Crippen LogP contribution in [0.1, 0.15) is 5.56 Å². The minimum absolute atomic E-state index is 0.415. The Balaban J connectivity index is 1.65. The Bertz CT molecular complexity index is 1120. The third-order valence-corrected chi connectivity index (χ3v) is 4.98. The van der Waals surface area contributed by atoms with E-state index >= 15 is 0 Å². The monoisotopic (exact) mass is 392 g/mol. The predicted octanol–water partition coefficient (Wildman–Crippen LogP) is 4.60. The number of aromatic nitrogens is 5. The average Bonchev–Trinajstić information content (AvgIpc) is 3.34. The summed E-state index contributed by atoms with van der Waals surface area (Å²) in [6, 6.07) is 20.0. The molecule has 0 aliphatic carbocycles. The van der Waals surface area contributed by atoms with Gasteiger partial charge in [-0.15, -0.1) is 11.8 Å². The number of nitrogens with one attached hydrogen (secondary N) is 2. The average molecular weight is 393 g/mol. The Kier molecular flexibility index (Phi) is 4.99. The molecular formula is C19H16N6S2. The van der Waals surface area contributed by atoms with Crippen LogP contribution in [0.4, 0.5) is 0 Å². The lowest BCUT2D eigenvalue weighted by Crippen LogP contribution is -1.95. The third-order valence-electron chi connectivity index (χ3n) is 3.98. The lowest BCUT2D eigenvalue weighted by molar-refractivity contribution is 0.865. The number of aromatic amines is 2. The molecule has 134 valence electrons. The second-order valence-corrected chi connectivity index (χ2v) is 6.98. The molecule has 0 fully saturated rings. The Labute approximate surface area is 165 Å². The Morgan fingerprint density at radius 3 is 2.56 bits per heavy atom. The summed E-state index contributed by atoms with van der Waals surface area (Å²) >= 11 is 7.03. The molecule has 0 spiro atoms. The molecule has 4 aromatic rings. The normalized spacial score (nSPS) is 11.3. The molecule has 2 N–H and O–H groups in total. The van der Waals surface area contributed by atoms with Crippen molar-refractivity contribution in [2.75, 3.05) is 6.26 Å². The summed E-state index contributed by atoms with van der Waals surface area (Å²) in [7, 11) is 0. The van der Waals surface area contributed by atoms with Crippen LogP contribution in [0.5, 0.6) is 0 Å². The number of nitrogens with zero attached hydrogens (tertiary/aromatic N) is 4. The maximum absolute atomic E-state index is 5.32. The highest BCUT2D eigenvalue weighted by atomic mass is 32.2. The predicted molar refractivity (Wildman–Crippen MR) is 112 cm³/mol. The quantitative estimate of drug-likeness (QED) is 0.296. The summed E-state index contributed by atoms with van der Waals surface area (Å²) < 4.78 is 2.00. The molecule has 0 aliphatic heterocycles. The highest BCUT2D eigenvalue weighted by Gasteiger charge is 2.12. The summed E-state index contributed by atoms with van der Waals surface area (Å²) in [5, 5.41) is 19.0. The van der Waals surface area contributed by atoms with Crippen molar-refractivity contribution in [2.45, 2.75) is 4.90 Å². The van der Waals surface area contributed by atoms with Gasteiger partial charge in [-0.3, -0.25) is 5.10 Å². The van der Waals surface area contributed by atoms with Crippen molar-refractivity contribution in [1.82, 2.24) is 25.1 Å². The van der Waals surface area contributed by atoms with Crippen molar-refractivity contribution in [3.63, 3.8) is 0 Å². The second kappa shape index (κ2) is 7.73. The van der Waals surface area contributed by atoms with Gasteiger partial charge < -0.3 is 0 Å². The van der Waals surface area contributed by atoms with Gasteiger partial charge >= 0.3 is 0 Å². The minimum Gasteiger partial charge on any atom is -0.274 e. The van der Waals surface area contributed by atoms with Gasteiger partial charge in [0, 0.05) is 10.5 Å². The van der Waals surface area contributed by atoms with Crippen LogP contribution in [0.25, 0.3) is 22.8 Å². The number of benzene rings is 2. The van der Waals surface area contributed by atoms with Gasteiger partial charge in [0.25, 0.3) is 0 Å². The molecule has 0 radical (unpaired) electrons.